The number of amides is 1. The van der Waals surface area contributed by atoms with Gasteiger partial charge in [-0.1, -0.05) is 24.2 Å². The van der Waals surface area contributed by atoms with Crippen molar-refractivity contribution in [3.63, 3.8) is 0 Å². The second kappa shape index (κ2) is 11.3. The molecule has 1 fully saturated rings. The quantitative estimate of drug-likeness (QED) is 0.387. The van der Waals surface area contributed by atoms with Crippen LogP contribution in [-0.4, -0.2) is 39.4 Å². The summed E-state index contributed by atoms with van der Waals surface area (Å²) in [6.45, 7) is 7.31. The first-order chi connectivity index (χ1) is 17.1. The van der Waals surface area contributed by atoms with Crippen LogP contribution in [0.15, 0.2) is 41.8 Å². The van der Waals surface area contributed by atoms with Gasteiger partial charge in [0.05, 0.1) is 41.5 Å². The summed E-state index contributed by atoms with van der Waals surface area (Å²) >= 11 is 0. The van der Waals surface area contributed by atoms with E-state index in [0.717, 1.165) is 60.1 Å². The van der Waals surface area contributed by atoms with Crippen molar-refractivity contribution in [2.24, 2.45) is 5.18 Å². The predicted molar refractivity (Wildman–Crippen MR) is 137 cm³/mol. The van der Waals surface area contributed by atoms with Crippen LogP contribution in [0.1, 0.15) is 74.8 Å². The van der Waals surface area contributed by atoms with Gasteiger partial charge in [0, 0.05) is 18.8 Å². The van der Waals surface area contributed by atoms with E-state index in [4.69, 9.17) is 4.74 Å². The van der Waals surface area contributed by atoms with Gasteiger partial charge in [-0.2, -0.15) is 10.0 Å². The fraction of sp³-hybridized carbons (Fsp3) is 0.500. The van der Waals surface area contributed by atoms with Gasteiger partial charge in [0.15, 0.2) is 5.65 Å². The summed E-state index contributed by atoms with van der Waals surface area (Å²) in [5.41, 5.74) is 3.00. The minimum atomic E-state index is -0.185. The number of benzene rings is 1. The van der Waals surface area contributed by atoms with Gasteiger partial charge in [-0.25, -0.2) is 9.67 Å². The van der Waals surface area contributed by atoms with E-state index in [1.54, 1.807) is 12.4 Å². The highest BCUT2D eigenvalue weighted by Crippen LogP contribution is 2.31. The second-order valence-corrected chi connectivity index (χ2v) is 8.94. The Bertz CT molecular complexity index is 1150. The van der Waals surface area contributed by atoms with Gasteiger partial charge in [0.2, 0.25) is 0 Å². The van der Waals surface area contributed by atoms with E-state index >= 15 is 0 Å². The van der Waals surface area contributed by atoms with Crippen molar-refractivity contribution in [3.05, 3.63) is 52.7 Å². The minimum absolute atomic E-state index is 0.115. The van der Waals surface area contributed by atoms with E-state index in [9.17, 15) is 9.70 Å². The molecule has 1 atom stereocenters. The molecule has 9 heteroatoms. The summed E-state index contributed by atoms with van der Waals surface area (Å²) in [7, 11) is 0. The molecule has 1 amide bonds. The number of fused-ring (bicyclic) bond motifs is 1. The van der Waals surface area contributed by atoms with Gasteiger partial charge in [0.25, 0.3) is 5.91 Å². The maximum absolute atomic E-state index is 13.5. The van der Waals surface area contributed by atoms with E-state index < -0.39 is 0 Å². The molecule has 1 aliphatic rings. The third-order valence-electron chi connectivity index (χ3n) is 6.71. The summed E-state index contributed by atoms with van der Waals surface area (Å²) in [6.07, 6.45) is 7.31. The highest BCUT2D eigenvalue weighted by atomic mass is 16.5. The number of aryl methyl sites for hydroxylation is 1. The number of carbonyl (C=O) groups is 1. The molecule has 186 valence electrons. The molecule has 0 bridgehead atoms. The summed E-state index contributed by atoms with van der Waals surface area (Å²) in [4.78, 5) is 29.0. The van der Waals surface area contributed by atoms with Gasteiger partial charge >= 0.3 is 0 Å². The highest BCUT2D eigenvalue weighted by Gasteiger charge is 2.26. The number of aromatic nitrogens is 3. The lowest BCUT2D eigenvalue weighted by Gasteiger charge is -2.27. The van der Waals surface area contributed by atoms with Crippen molar-refractivity contribution in [1.29, 1.82) is 0 Å². The average molecular weight is 479 g/mol. The van der Waals surface area contributed by atoms with Crippen LogP contribution in [0.2, 0.25) is 0 Å². The van der Waals surface area contributed by atoms with Crippen molar-refractivity contribution in [1.82, 2.24) is 20.1 Å². The monoisotopic (exact) mass is 478 g/mol. The Hall–Kier alpha value is -3.49. The fourth-order valence-electron chi connectivity index (χ4n) is 4.74. The topological polar surface area (TPSA) is 110 Å². The van der Waals surface area contributed by atoms with Crippen molar-refractivity contribution in [2.45, 2.75) is 77.5 Å². The first-order valence-corrected chi connectivity index (χ1v) is 12.5. The van der Waals surface area contributed by atoms with Crippen molar-refractivity contribution < 1.29 is 9.53 Å². The average Bonchev–Trinajstić information content (AvgIpc) is 3.32. The molecule has 35 heavy (non-hydrogen) atoms. The summed E-state index contributed by atoms with van der Waals surface area (Å²) in [5, 5.41) is 15.3. The molecule has 1 unspecified atom stereocenters. The second-order valence-electron chi connectivity index (χ2n) is 8.94. The van der Waals surface area contributed by atoms with Gasteiger partial charge in [-0.15, -0.1) is 0 Å². The number of nitrogens with one attached hydrogen (secondary N) is 2. The Kier molecular flexibility index (Phi) is 7.94. The Morgan fingerprint density at radius 1 is 1.14 bits per heavy atom. The number of nitrogens with zero attached hydrogens (tertiary/aromatic N) is 4. The van der Waals surface area contributed by atoms with Crippen LogP contribution in [0.25, 0.3) is 11.0 Å². The number of hydrogen-bond donors (Lipinski definition) is 2. The SMILES string of the molecule is CCOc1ccc(C(CC)NC(=O)c2cnc3c(cnn3CC)c2NC2CCC(N=O)CC2)cc1. The Morgan fingerprint density at radius 3 is 2.51 bits per heavy atom. The number of rotatable bonds is 10. The van der Waals surface area contributed by atoms with Crippen LogP contribution in [0, 0.1) is 4.91 Å². The van der Waals surface area contributed by atoms with E-state index in [-0.39, 0.29) is 24.0 Å². The number of hydrogen-bond acceptors (Lipinski definition) is 7. The van der Waals surface area contributed by atoms with Crippen LogP contribution in [0.5, 0.6) is 5.75 Å². The Labute approximate surface area is 205 Å². The maximum Gasteiger partial charge on any atom is 0.255 e. The lowest BCUT2D eigenvalue weighted by atomic mass is 9.91. The van der Waals surface area contributed by atoms with E-state index in [2.05, 4.69) is 25.9 Å². The highest BCUT2D eigenvalue weighted by molar-refractivity contribution is 6.06. The van der Waals surface area contributed by atoms with Crippen molar-refractivity contribution >= 4 is 22.6 Å². The van der Waals surface area contributed by atoms with E-state index in [1.165, 1.54) is 0 Å². The smallest absolute Gasteiger partial charge is 0.255 e. The number of nitroso groups, excluding NO2 is 1. The molecule has 0 radical (unpaired) electrons. The minimum Gasteiger partial charge on any atom is -0.494 e. The molecular weight excluding hydrogens is 444 g/mol. The number of anilines is 1. The van der Waals surface area contributed by atoms with Gasteiger partial charge in [-0.05, 0) is 63.6 Å². The molecule has 0 saturated heterocycles. The molecule has 1 aliphatic carbocycles. The fourth-order valence-corrected chi connectivity index (χ4v) is 4.74. The van der Waals surface area contributed by atoms with E-state index in [1.807, 2.05) is 49.7 Å². The molecule has 2 heterocycles. The first kappa shape index (κ1) is 24.6. The summed E-state index contributed by atoms with van der Waals surface area (Å²) in [6, 6.07) is 7.74. The maximum atomic E-state index is 13.5. The van der Waals surface area contributed by atoms with Crippen LogP contribution >= 0.6 is 0 Å². The van der Waals surface area contributed by atoms with Crippen molar-refractivity contribution in [3.8, 4) is 5.75 Å². The molecule has 1 aromatic carbocycles. The molecule has 1 saturated carbocycles. The molecule has 3 aromatic rings. The lowest BCUT2D eigenvalue weighted by Crippen LogP contribution is -2.31. The zero-order chi connectivity index (χ0) is 24.8. The molecule has 2 aromatic heterocycles. The zero-order valence-electron chi connectivity index (χ0n) is 20.7. The summed E-state index contributed by atoms with van der Waals surface area (Å²) in [5.74, 6) is 0.626. The lowest BCUT2D eigenvalue weighted by molar-refractivity contribution is 0.0936. The summed E-state index contributed by atoms with van der Waals surface area (Å²) < 4.78 is 7.37. The zero-order valence-corrected chi connectivity index (χ0v) is 20.7. The number of carbonyl (C=O) groups excluding carboxylic acids is 1. The molecular formula is C26H34N6O3. The molecule has 2 N–H and O–H groups in total. The van der Waals surface area contributed by atoms with Crippen molar-refractivity contribution in [2.75, 3.05) is 11.9 Å². The van der Waals surface area contributed by atoms with Gasteiger partial charge in [-0.3, -0.25) is 4.79 Å². The van der Waals surface area contributed by atoms with Crippen LogP contribution in [-0.2, 0) is 6.54 Å². The third kappa shape index (κ3) is 5.44. The van der Waals surface area contributed by atoms with Crippen LogP contribution in [0.3, 0.4) is 0 Å². The van der Waals surface area contributed by atoms with Gasteiger partial charge < -0.3 is 15.4 Å². The van der Waals surface area contributed by atoms with Crippen LogP contribution < -0.4 is 15.4 Å². The number of ether oxygens (including phenoxy) is 1. The normalized spacial score (nSPS) is 18.7. The Morgan fingerprint density at radius 2 is 1.89 bits per heavy atom. The molecule has 4 rings (SSSR count). The molecule has 0 spiro atoms. The molecule has 9 nitrogen and oxygen atoms in total. The first-order valence-electron chi connectivity index (χ1n) is 12.5. The standard InChI is InChI=1S/C26H34N6O3/c1-4-23(17-7-13-20(14-8-17)35-6-3)30-26(33)22-15-27-25-21(16-28-32(25)5-2)24(22)29-18-9-11-19(31-34)12-10-18/h7-8,13-16,18-19,23H,4-6,9-12H2,1-3H3,(H,27,29)(H,30,33). The Balaban J connectivity index is 1.60. The molecule has 0 aliphatic heterocycles. The number of pyridine rings is 1. The van der Waals surface area contributed by atoms with E-state index in [0.29, 0.717) is 18.7 Å². The van der Waals surface area contributed by atoms with Gasteiger partial charge in [0.1, 0.15) is 5.75 Å². The van der Waals surface area contributed by atoms with Crippen LogP contribution in [0.4, 0.5) is 5.69 Å². The third-order valence-corrected chi connectivity index (χ3v) is 6.71. The predicted octanol–water partition coefficient (Wildman–Crippen LogP) is 5.22. The largest absolute Gasteiger partial charge is 0.494 e.